The summed E-state index contributed by atoms with van der Waals surface area (Å²) in [7, 11) is 0. The van der Waals surface area contributed by atoms with E-state index in [2.05, 4.69) is 5.32 Å². The number of carboxylic acid groups (broad SMARTS) is 1. The van der Waals surface area contributed by atoms with Crippen molar-refractivity contribution < 1.29 is 19.4 Å². The van der Waals surface area contributed by atoms with Crippen LogP contribution in [0.2, 0.25) is 0 Å². The molecule has 0 aromatic rings. The maximum atomic E-state index is 11.4. The van der Waals surface area contributed by atoms with E-state index in [1.165, 1.54) is 0 Å². The number of rotatable bonds is 7. The van der Waals surface area contributed by atoms with Gasteiger partial charge in [0.25, 0.3) is 0 Å². The molecule has 1 aliphatic heterocycles. The first-order valence-electron chi connectivity index (χ1n) is 5.87. The van der Waals surface area contributed by atoms with Gasteiger partial charge in [0.15, 0.2) is 0 Å². The number of nitrogens with one attached hydrogen (secondary N) is 1. The quantitative estimate of drug-likeness (QED) is 0.654. The number of carboxylic acids is 1. The molecule has 1 aliphatic carbocycles. The molecular formula is C11H19NO4. The van der Waals surface area contributed by atoms with E-state index in [1.54, 1.807) is 0 Å². The fourth-order valence-electron chi connectivity index (χ4n) is 2.08. The third-order valence-corrected chi connectivity index (χ3v) is 3.30. The Balaban J connectivity index is 1.95. The first-order chi connectivity index (χ1) is 7.69. The minimum Gasteiger partial charge on any atom is -0.480 e. The van der Waals surface area contributed by atoms with Crippen LogP contribution in [0.4, 0.5) is 0 Å². The maximum absolute atomic E-state index is 11.4. The van der Waals surface area contributed by atoms with Crippen LogP contribution in [0, 0.1) is 5.92 Å². The number of aliphatic carboxylic acids is 1. The Labute approximate surface area is 95.1 Å². The minimum absolute atomic E-state index is 0.0798. The average Bonchev–Trinajstić information content (AvgIpc) is 2.96. The largest absolute Gasteiger partial charge is 0.480 e. The molecule has 1 saturated carbocycles. The van der Waals surface area contributed by atoms with Crippen LogP contribution >= 0.6 is 0 Å². The summed E-state index contributed by atoms with van der Waals surface area (Å²) >= 11 is 0. The van der Waals surface area contributed by atoms with E-state index >= 15 is 0 Å². The molecule has 0 amide bonds. The molecule has 1 heterocycles. The van der Waals surface area contributed by atoms with E-state index in [9.17, 15) is 9.90 Å². The predicted octanol–water partition coefficient (Wildman–Crippen LogP) is 0.245. The lowest BCUT2D eigenvalue weighted by molar-refractivity contribution is -0.163. The number of carbonyl (C=O) groups is 1. The van der Waals surface area contributed by atoms with Crippen LogP contribution in [-0.2, 0) is 14.3 Å². The predicted molar refractivity (Wildman–Crippen MR) is 57.3 cm³/mol. The molecule has 0 spiro atoms. The van der Waals surface area contributed by atoms with Crippen LogP contribution < -0.4 is 5.32 Å². The zero-order valence-corrected chi connectivity index (χ0v) is 9.57. The van der Waals surface area contributed by atoms with Gasteiger partial charge in [-0.2, -0.15) is 0 Å². The van der Waals surface area contributed by atoms with Gasteiger partial charge in [-0.05, 0) is 25.3 Å². The van der Waals surface area contributed by atoms with Gasteiger partial charge in [0.1, 0.15) is 11.6 Å². The first kappa shape index (κ1) is 11.8. The molecule has 0 aromatic carbocycles. The Bertz CT molecular complexity index is 263. The molecule has 2 rings (SSSR count). The summed E-state index contributed by atoms with van der Waals surface area (Å²) in [6.45, 7) is 3.99. The summed E-state index contributed by atoms with van der Waals surface area (Å²) in [5.41, 5.74) is -0.885. The summed E-state index contributed by atoms with van der Waals surface area (Å²) in [6.07, 6.45) is 2.03. The van der Waals surface area contributed by atoms with Crippen molar-refractivity contribution in [1.29, 1.82) is 0 Å². The summed E-state index contributed by atoms with van der Waals surface area (Å²) in [6, 6.07) is 0. The Morgan fingerprint density at radius 2 is 2.25 bits per heavy atom. The second-order valence-corrected chi connectivity index (χ2v) is 4.55. The van der Waals surface area contributed by atoms with Gasteiger partial charge in [-0.25, -0.2) is 0 Å². The molecule has 5 nitrogen and oxygen atoms in total. The van der Waals surface area contributed by atoms with Crippen LogP contribution in [0.25, 0.3) is 0 Å². The minimum atomic E-state index is -0.885. The fourth-order valence-corrected chi connectivity index (χ4v) is 2.08. The molecule has 2 fully saturated rings. The monoisotopic (exact) mass is 229 g/mol. The van der Waals surface area contributed by atoms with E-state index in [0.29, 0.717) is 19.8 Å². The third kappa shape index (κ3) is 2.21. The summed E-state index contributed by atoms with van der Waals surface area (Å²) in [4.78, 5) is 11.4. The van der Waals surface area contributed by atoms with Crippen LogP contribution in [0.5, 0.6) is 0 Å². The lowest BCUT2D eigenvalue weighted by Crippen LogP contribution is -2.58. The first-order valence-corrected chi connectivity index (χ1v) is 5.87. The maximum Gasteiger partial charge on any atom is 0.326 e. The zero-order valence-electron chi connectivity index (χ0n) is 9.57. The van der Waals surface area contributed by atoms with Gasteiger partial charge >= 0.3 is 5.97 Å². The number of likely N-dealkylation sites (N-methyl/N-ethyl adjacent to an activating group) is 1. The normalized spacial score (nSPS) is 24.8. The fraction of sp³-hybridized carbons (Fsp3) is 0.909. The highest BCUT2D eigenvalue weighted by molar-refractivity contribution is 5.80. The molecule has 2 aliphatic rings. The highest BCUT2D eigenvalue weighted by atomic mass is 16.6. The van der Waals surface area contributed by atoms with E-state index < -0.39 is 11.5 Å². The molecular weight excluding hydrogens is 210 g/mol. The van der Waals surface area contributed by atoms with Gasteiger partial charge in [-0.1, -0.05) is 6.92 Å². The van der Waals surface area contributed by atoms with Gasteiger partial charge in [0.2, 0.25) is 0 Å². The summed E-state index contributed by atoms with van der Waals surface area (Å²) in [5.74, 6) is -0.581. The molecule has 92 valence electrons. The molecule has 1 unspecified atom stereocenters. The van der Waals surface area contributed by atoms with E-state index in [0.717, 1.165) is 12.8 Å². The molecule has 5 heteroatoms. The summed E-state index contributed by atoms with van der Waals surface area (Å²) < 4.78 is 10.6. The highest BCUT2D eigenvalue weighted by Gasteiger charge is 2.51. The molecule has 1 saturated heterocycles. The van der Waals surface area contributed by atoms with Gasteiger partial charge in [0, 0.05) is 0 Å². The topological polar surface area (TPSA) is 67.8 Å². The lowest BCUT2D eigenvalue weighted by Gasteiger charge is -2.34. The van der Waals surface area contributed by atoms with Gasteiger partial charge in [-0.3, -0.25) is 10.1 Å². The van der Waals surface area contributed by atoms with Crippen molar-refractivity contribution >= 4 is 5.97 Å². The van der Waals surface area contributed by atoms with Crippen LogP contribution in [0.15, 0.2) is 0 Å². The number of hydrogen-bond donors (Lipinski definition) is 2. The molecule has 2 N–H and O–H groups in total. The Kier molecular flexibility index (Phi) is 3.47. The summed E-state index contributed by atoms with van der Waals surface area (Å²) in [5, 5.41) is 12.5. The van der Waals surface area contributed by atoms with E-state index in [-0.39, 0.29) is 18.6 Å². The Morgan fingerprint density at radius 3 is 2.62 bits per heavy atom. The Hall–Kier alpha value is -0.650. The van der Waals surface area contributed by atoms with Gasteiger partial charge in [-0.15, -0.1) is 0 Å². The van der Waals surface area contributed by atoms with Crippen molar-refractivity contribution in [2.45, 2.75) is 31.4 Å². The van der Waals surface area contributed by atoms with Crippen molar-refractivity contribution in [3.05, 3.63) is 0 Å². The van der Waals surface area contributed by atoms with E-state index in [1.807, 2.05) is 6.92 Å². The number of ether oxygens (including phenoxy) is 2. The molecule has 0 aromatic heterocycles. The van der Waals surface area contributed by atoms with Crippen molar-refractivity contribution in [1.82, 2.24) is 5.32 Å². The van der Waals surface area contributed by atoms with E-state index in [4.69, 9.17) is 9.47 Å². The zero-order chi connectivity index (χ0) is 11.6. The second-order valence-electron chi connectivity index (χ2n) is 4.55. The van der Waals surface area contributed by atoms with Crippen molar-refractivity contribution in [2.75, 3.05) is 26.4 Å². The van der Waals surface area contributed by atoms with Crippen molar-refractivity contribution in [3.8, 4) is 0 Å². The molecule has 0 radical (unpaired) electrons. The lowest BCUT2D eigenvalue weighted by atomic mass is 9.94. The van der Waals surface area contributed by atoms with Crippen LogP contribution in [0.3, 0.4) is 0 Å². The highest BCUT2D eigenvalue weighted by Crippen LogP contribution is 2.40. The second kappa shape index (κ2) is 4.69. The average molecular weight is 229 g/mol. The SMILES string of the molecule is CCNC(COC1COC1)(C(=O)O)C1CC1. The third-order valence-electron chi connectivity index (χ3n) is 3.30. The molecule has 1 atom stereocenters. The van der Waals surface area contributed by atoms with Crippen molar-refractivity contribution in [2.24, 2.45) is 5.92 Å². The molecule has 0 bridgehead atoms. The van der Waals surface area contributed by atoms with Crippen molar-refractivity contribution in [3.63, 3.8) is 0 Å². The van der Waals surface area contributed by atoms with Gasteiger partial charge in [0.05, 0.1) is 19.8 Å². The number of hydrogen-bond acceptors (Lipinski definition) is 4. The van der Waals surface area contributed by atoms with Crippen LogP contribution in [-0.4, -0.2) is 49.1 Å². The van der Waals surface area contributed by atoms with Gasteiger partial charge < -0.3 is 14.6 Å². The Morgan fingerprint density at radius 1 is 1.56 bits per heavy atom. The molecule has 16 heavy (non-hydrogen) atoms. The standard InChI is InChI=1S/C11H19NO4/c1-2-12-11(10(13)14,8-3-4-8)7-16-9-5-15-6-9/h8-9,12H,2-7H2,1H3,(H,13,14). The smallest absolute Gasteiger partial charge is 0.326 e. The van der Waals surface area contributed by atoms with Crippen LogP contribution in [0.1, 0.15) is 19.8 Å².